The van der Waals surface area contributed by atoms with Gasteiger partial charge >= 0.3 is 0 Å². The highest BCUT2D eigenvalue weighted by Gasteiger charge is 2.39. The number of nitriles is 1. The number of halogens is 1. The van der Waals surface area contributed by atoms with Crippen molar-refractivity contribution >= 4 is 15.9 Å². The van der Waals surface area contributed by atoms with E-state index in [0.29, 0.717) is 5.56 Å². The Balaban J connectivity index is 2.09. The van der Waals surface area contributed by atoms with Crippen molar-refractivity contribution in [3.63, 3.8) is 0 Å². The Morgan fingerprint density at radius 3 is 2.80 bits per heavy atom. The third kappa shape index (κ3) is 2.58. The highest BCUT2D eigenvalue weighted by molar-refractivity contribution is 9.10. The molecule has 1 aromatic carbocycles. The lowest BCUT2D eigenvalue weighted by Gasteiger charge is -2.08. The first-order valence-electron chi connectivity index (χ1n) is 5.04. The van der Waals surface area contributed by atoms with Gasteiger partial charge in [-0.25, -0.2) is 0 Å². The Morgan fingerprint density at radius 1 is 1.47 bits per heavy atom. The van der Waals surface area contributed by atoms with Gasteiger partial charge in [-0.2, -0.15) is 5.26 Å². The molecule has 2 nitrogen and oxygen atoms in total. The lowest BCUT2D eigenvalue weighted by atomic mass is 10.0. The fourth-order valence-corrected chi connectivity index (χ4v) is 2.04. The zero-order chi connectivity index (χ0) is 10.9. The maximum atomic E-state index is 9.73. The standard InChI is InChI=1S/C12H12BrNO/c13-11-2-1-9(8-14)7-10(11)3-4-12(15)5-6-12/h1-2,7,15H,3-6H2. The molecular weight excluding hydrogens is 254 g/mol. The van der Waals surface area contributed by atoms with Gasteiger partial charge in [0.15, 0.2) is 0 Å². The molecular formula is C12H12BrNO. The number of aryl methyl sites for hydroxylation is 1. The van der Waals surface area contributed by atoms with Crippen LogP contribution in [0.5, 0.6) is 0 Å². The van der Waals surface area contributed by atoms with Crippen molar-refractivity contribution in [1.29, 1.82) is 5.26 Å². The van der Waals surface area contributed by atoms with Gasteiger partial charge < -0.3 is 5.11 Å². The van der Waals surface area contributed by atoms with Crippen LogP contribution in [0.2, 0.25) is 0 Å². The molecule has 0 heterocycles. The molecule has 0 amide bonds. The summed E-state index contributed by atoms with van der Waals surface area (Å²) in [6, 6.07) is 7.69. The minimum atomic E-state index is -0.415. The fraction of sp³-hybridized carbons (Fsp3) is 0.417. The topological polar surface area (TPSA) is 44.0 Å². The number of rotatable bonds is 3. The molecule has 0 spiro atoms. The van der Waals surface area contributed by atoms with Crippen LogP contribution in [0.4, 0.5) is 0 Å². The second-order valence-corrected chi connectivity index (χ2v) is 5.00. The van der Waals surface area contributed by atoms with Crippen molar-refractivity contribution in [2.75, 3.05) is 0 Å². The maximum Gasteiger partial charge on any atom is 0.0991 e. The summed E-state index contributed by atoms with van der Waals surface area (Å²) in [5, 5.41) is 18.5. The number of benzene rings is 1. The van der Waals surface area contributed by atoms with Crippen molar-refractivity contribution in [3.8, 4) is 6.07 Å². The van der Waals surface area contributed by atoms with E-state index < -0.39 is 5.60 Å². The molecule has 0 atom stereocenters. The molecule has 3 heteroatoms. The van der Waals surface area contributed by atoms with E-state index in [1.807, 2.05) is 12.1 Å². The van der Waals surface area contributed by atoms with E-state index in [9.17, 15) is 5.11 Å². The predicted molar refractivity (Wildman–Crippen MR) is 61.4 cm³/mol. The molecule has 1 fully saturated rings. The molecule has 0 unspecified atom stereocenters. The Morgan fingerprint density at radius 2 is 2.20 bits per heavy atom. The zero-order valence-corrected chi connectivity index (χ0v) is 9.92. The lowest BCUT2D eigenvalue weighted by molar-refractivity contribution is 0.140. The fourth-order valence-electron chi connectivity index (χ4n) is 1.60. The van der Waals surface area contributed by atoms with Crippen molar-refractivity contribution in [3.05, 3.63) is 33.8 Å². The van der Waals surface area contributed by atoms with E-state index in [2.05, 4.69) is 22.0 Å². The van der Waals surface area contributed by atoms with Crippen LogP contribution in [-0.2, 0) is 6.42 Å². The number of hydrogen-bond donors (Lipinski definition) is 1. The normalized spacial score (nSPS) is 17.1. The molecule has 0 bridgehead atoms. The van der Waals surface area contributed by atoms with E-state index >= 15 is 0 Å². The van der Waals surface area contributed by atoms with Gasteiger partial charge in [0.2, 0.25) is 0 Å². The van der Waals surface area contributed by atoms with Crippen LogP contribution in [0.3, 0.4) is 0 Å². The first kappa shape index (κ1) is 10.7. The molecule has 0 aliphatic heterocycles. The third-order valence-electron chi connectivity index (χ3n) is 2.86. The summed E-state index contributed by atoms with van der Waals surface area (Å²) in [6.07, 6.45) is 3.46. The van der Waals surface area contributed by atoms with Gasteiger partial charge in [-0.05, 0) is 49.4 Å². The molecule has 1 N–H and O–H groups in total. The molecule has 0 aromatic heterocycles. The van der Waals surface area contributed by atoms with Gasteiger partial charge in [0, 0.05) is 4.47 Å². The van der Waals surface area contributed by atoms with Crippen LogP contribution in [0.25, 0.3) is 0 Å². The van der Waals surface area contributed by atoms with Gasteiger partial charge in [-0.15, -0.1) is 0 Å². The van der Waals surface area contributed by atoms with Crippen molar-refractivity contribution in [2.24, 2.45) is 0 Å². The summed E-state index contributed by atoms with van der Waals surface area (Å²) in [7, 11) is 0. The van der Waals surface area contributed by atoms with Crippen molar-refractivity contribution in [1.82, 2.24) is 0 Å². The first-order chi connectivity index (χ1) is 7.13. The second kappa shape index (κ2) is 3.96. The molecule has 1 saturated carbocycles. The van der Waals surface area contributed by atoms with Crippen LogP contribution in [0, 0.1) is 11.3 Å². The molecule has 15 heavy (non-hydrogen) atoms. The van der Waals surface area contributed by atoms with E-state index in [1.165, 1.54) is 0 Å². The molecule has 2 rings (SSSR count). The van der Waals surface area contributed by atoms with Gasteiger partial charge in [-0.1, -0.05) is 15.9 Å². The summed E-state index contributed by atoms with van der Waals surface area (Å²) in [5.41, 5.74) is 1.37. The lowest BCUT2D eigenvalue weighted by Crippen LogP contribution is -2.08. The van der Waals surface area contributed by atoms with Crippen molar-refractivity contribution < 1.29 is 5.11 Å². The number of nitrogens with zero attached hydrogens (tertiary/aromatic N) is 1. The van der Waals surface area contributed by atoms with Crippen molar-refractivity contribution in [2.45, 2.75) is 31.3 Å². The average molecular weight is 266 g/mol. The van der Waals surface area contributed by atoms with Crippen LogP contribution in [0.15, 0.2) is 22.7 Å². The van der Waals surface area contributed by atoms with Gasteiger partial charge in [-0.3, -0.25) is 0 Å². The predicted octanol–water partition coefficient (Wildman–Crippen LogP) is 2.78. The summed E-state index contributed by atoms with van der Waals surface area (Å²) in [5.74, 6) is 0. The highest BCUT2D eigenvalue weighted by atomic mass is 79.9. The summed E-state index contributed by atoms with van der Waals surface area (Å²) in [4.78, 5) is 0. The first-order valence-corrected chi connectivity index (χ1v) is 5.83. The zero-order valence-electron chi connectivity index (χ0n) is 8.33. The van der Waals surface area contributed by atoms with E-state index in [-0.39, 0.29) is 0 Å². The van der Waals surface area contributed by atoms with Crippen LogP contribution in [-0.4, -0.2) is 10.7 Å². The van der Waals surface area contributed by atoms with Crippen LogP contribution in [0.1, 0.15) is 30.4 Å². The Bertz CT molecular complexity index is 418. The largest absolute Gasteiger partial charge is 0.390 e. The Hall–Kier alpha value is -0.850. The Kier molecular flexibility index (Phi) is 2.81. The van der Waals surface area contributed by atoms with Gasteiger partial charge in [0.1, 0.15) is 0 Å². The molecule has 1 aliphatic rings. The Labute approximate surface area is 97.7 Å². The molecule has 78 valence electrons. The highest BCUT2D eigenvalue weighted by Crippen LogP contribution is 2.39. The third-order valence-corrected chi connectivity index (χ3v) is 3.64. The summed E-state index contributed by atoms with van der Waals surface area (Å²) >= 11 is 3.46. The summed E-state index contributed by atoms with van der Waals surface area (Å²) < 4.78 is 1.02. The van der Waals surface area contributed by atoms with Gasteiger partial charge in [0.05, 0.1) is 17.2 Å². The smallest absolute Gasteiger partial charge is 0.0991 e. The number of hydrogen-bond acceptors (Lipinski definition) is 2. The van der Waals surface area contributed by atoms with Crippen LogP contribution < -0.4 is 0 Å². The number of aliphatic hydroxyl groups is 1. The molecule has 1 aliphatic carbocycles. The van der Waals surface area contributed by atoms with E-state index in [1.54, 1.807) is 6.07 Å². The van der Waals surface area contributed by atoms with Gasteiger partial charge in [0.25, 0.3) is 0 Å². The SMILES string of the molecule is N#Cc1ccc(Br)c(CCC2(O)CC2)c1. The monoisotopic (exact) mass is 265 g/mol. The molecule has 1 aromatic rings. The molecule has 0 radical (unpaired) electrons. The summed E-state index contributed by atoms with van der Waals surface area (Å²) in [6.45, 7) is 0. The average Bonchev–Trinajstić information content (AvgIpc) is 2.96. The van der Waals surface area contributed by atoms with Crippen LogP contribution >= 0.6 is 15.9 Å². The second-order valence-electron chi connectivity index (χ2n) is 4.14. The molecule has 0 saturated heterocycles. The maximum absolute atomic E-state index is 9.73. The van der Waals surface area contributed by atoms with E-state index in [0.717, 1.165) is 35.7 Å². The minimum Gasteiger partial charge on any atom is -0.390 e. The quantitative estimate of drug-likeness (QED) is 0.914. The van der Waals surface area contributed by atoms with E-state index in [4.69, 9.17) is 5.26 Å². The minimum absolute atomic E-state index is 0.415.